The Labute approximate surface area is 182 Å². The molecule has 0 amide bonds. The van der Waals surface area contributed by atoms with E-state index in [0.29, 0.717) is 46.7 Å². The molecule has 3 heterocycles. The third-order valence-corrected chi connectivity index (χ3v) is 5.52. The molecule has 0 spiro atoms. The number of rotatable bonds is 4. The SMILES string of the molecule is COC(=O)c1ccc(-c2noc(-c3ncn4c3CO[C@@H](c3ccccc3Cl)C4)n2)cc1. The van der Waals surface area contributed by atoms with Crippen LogP contribution in [0.5, 0.6) is 0 Å². The van der Waals surface area contributed by atoms with Gasteiger partial charge in [0.05, 0.1) is 37.8 Å². The molecule has 0 aliphatic carbocycles. The number of aromatic nitrogens is 4. The molecule has 0 saturated heterocycles. The fourth-order valence-corrected chi connectivity index (χ4v) is 3.80. The zero-order valence-electron chi connectivity index (χ0n) is 16.5. The summed E-state index contributed by atoms with van der Waals surface area (Å²) in [5.74, 6) is 0.305. The monoisotopic (exact) mass is 436 g/mol. The third-order valence-electron chi connectivity index (χ3n) is 5.17. The minimum Gasteiger partial charge on any atom is -0.465 e. The molecule has 1 atom stereocenters. The Bertz CT molecular complexity index is 1250. The van der Waals surface area contributed by atoms with E-state index in [9.17, 15) is 4.79 Å². The van der Waals surface area contributed by atoms with Gasteiger partial charge in [-0.1, -0.05) is 47.1 Å². The van der Waals surface area contributed by atoms with Crippen LogP contribution >= 0.6 is 11.6 Å². The molecule has 4 aromatic rings. The molecule has 31 heavy (non-hydrogen) atoms. The first-order valence-corrected chi connectivity index (χ1v) is 9.94. The van der Waals surface area contributed by atoms with E-state index < -0.39 is 5.97 Å². The summed E-state index contributed by atoms with van der Waals surface area (Å²) in [6, 6.07) is 14.4. The van der Waals surface area contributed by atoms with Gasteiger partial charge in [-0.15, -0.1) is 0 Å². The molecule has 9 heteroatoms. The number of hydrogen-bond donors (Lipinski definition) is 0. The molecule has 0 N–H and O–H groups in total. The Kier molecular flexibility index (Phi) is 5.01. The lowest BCUT2D eigenvalue weighted by molar-refractivity contribution is 0.00336. The van der Waals surface area contributed by atoms with Crippen LogP contribution < -0.4 is 0 Å². The summed E-state index contributed by atoms with van der Waals surface area (Å²) in [6.07, 6.45) is 1.58. The first-order valence-electron chi connectivity index (χ1n) is 9.57. The molecule has 1 aliphatic rings. The van der Waals surface area contributed by atoms with Crippen LogP contribution in [0.25, 0.3) is 23.0 Å². The first kappa shape index (κ1) is 19.5. The van der Waals surface area contributed by atoms with Gasteiger partial charge in [-0.25, -0.2) is 9.78 Å². The first-order chi connectivity index (χ1) is 15.1. The van der Waals surface area contributed by atoms with E-state index in [1.54, 1.807) is 30.6 Å². The highest BCUT2D eigenvalue weighted by molar-refractivity contribution is 6.31. The van der Waals surface area contributed by atoms with Crippen molar-refractivity contribution in [3.63, 3.8) is 0 Å². The predicted octanol–water partition coefficient (Wildman–Crippen LogP) is 4.31. The summed E-state index contributed by atoms with van der Waals surface area (Å²) in [7, 11) is 1.34. The van der Waals surface area contributed by atoms with Gasteiger partial charge in [0, 0.05) is 16.1 Å². The Hall–Kier alpha value is -3.49. The molecule has 156 valence electrons. The summed E-state index contributed by atoms with van der Waals surface area (Å²) in [5.41, 5.74) is 3.55. The quantitative estimate of drug-likeness (QED) is 0.440. The molecule has 0 fully saturated rings. The minimum absolute atomic E-state index is 0.158. The van der Waals surface area contributed by atoms with E-state index in [1.165, 1.54) is 7.11 Å². The molecule has 0 bridgehead atoms. The summed E-state index contributed by atoms with van der Waals surface area (Å²) < 4.78 is 18.2. The molecular weight excluding hydrogens is 420 g/mol. The van der Waals surface area contributed by atoms with Gasteiger partial charge in [0.25, 0.3) is 5.89 Å². The highest BCUT2D eigenvalue weighted by atomic mass is 35.5. The maximum absolute atomic E-state index is 11.6. The van der Waals surface area contributed by atoms with Gasteiger partial charge < -0.3 is 18.6 Å². The van der Waals surface area contributed by atoms with Gasteiger partial charge in [0.2, 0.25) is 5.82 Å². The topological polar surface area (TPSA) is 92.3 Å². The maximum Gasteiger partial charge on any atom is 0.337 e. The van der Waals surface area contributed by atoms with Crippen LogP contribution in [0.4, 0.5) is 0 Å². The fraction of sp³-hybridized carbons (Fsp3) is 0.182. The van der Waals surface area contributed by atoms with E-state index in [2.05, 4.69) is 15.1 Å². The molecule has 1 aliphatic heterocycles. The van der Waals surface area contributed by atoms with Crippen LogP contribution in [0.1, 0.15) is 27.7 Å². The number of imidazole rings is 1. The van der Waals surface area contributed by atoms with Crippen molar-refractivity contribution in [3.8, 4) is 23.0 Å². The third kappa shape index (κ3) is 3.60. The van der Waals surface area contributed by atoms with Crippen LogP contribution in [0.15, 0.2) is 59.4 Å². The predicted molar refractivity (Wildman–Crippen MR) is 111 cm³/mol. The average molecular weight is 437 g/mol. The van der Waals surface area contributed by atoms with Crippen molar-refractivity contribution in [1.29, 1.82) is 0 Å². The summed E-state index contributed by atoms with van der Waals surface area (Å²) in [6.45, 7) is 0.929. The Morgan fingerprint density at radius 1 is 1.19 bits per heavy atom. The highest BCUT2D eigenvalue weighted by Gasteiger charge is 2.27. The van der Waals surface area contributed by atoms with Gasteiger partial charge in [0.15, 0.2) is 5.69 Å². The van der Waals surface area contributed by atoms with E-state index in [4.69, 9.17) is 25.6 Å². The van der Waals surface area contributed by atoms with Crippen LogP contribution in [-0.2, 0) is 22.6 Å². The van der Waals surface area contributed by atoms with Crippen LogP contribution in [-0.4, -0.2) is 32.8 Å². The highest BCUT2D eigenvalue weighted by Crippen LogP contribution is 2.34. The van der Waals surface area contributed by atoms with Crippen molar-refractivity contribution >= 4 is 17.6 Å². The zero-order valence-corrected chi connectivity index (χ0v) is 17.2. The Balaban J connectivity index is 1.38. The average Bonchev–Trinajstić information content (AvgIpc) is 3.45. The number of carbonyl (C=O) groups excluding carboxylic acids is 1. The van der Waals surface area contributed by atoms with Crippen molar-refractivity contribution in [2.45, 2.75) is 19.3 Å². The number of ether oxygens (including phenoxy) is 2. The number of hydrogen-bond acceptors (Lipinski definition) is 7. The number of nitrogens with zero attached hydrogens (tertiary/aromatic N) is 4. The maximum atomic E-state index is 11.6. The van der Waals surface area contributed by atoms with Crippen LogP contribution in [0, 0.1) is 0 Å². The minimum atomic E-state index is -0.403. The number of halogens is 1. The van der Waals surface area contributed by atoms with E-state index in [-0.39, 0.29) is 6.10 Å². The molecule has 0 unspecified atom stereocenters. The lowest BCUT2D eigenvalue weighted by Gasteiger charge is -2.26. The zero-order chi connectivity index (χ0) is 21.4. The summed E-state index contributed by atoms with van der Waals surface area (Å²) in [5, 5.41) is 4.73. The lowest BCUT2D eigenvalue weighted by atomic mass is 10.1. The second-order valence-corrected chi connectivity index (χ2v) is 7.41. The molecule has 2 aromatic carbocycles. The number of benzene rings is 2. The lowest BCUT2D eigenvalue weighted by Crippen LogP contribution is -2.20. The second kappa shape index (κ2) is 7.98. The van der Waals surface area contributed by atoms with Crippen LogP contribution in [0.3, 0.4) is 0 Å². The van der Waals surface area contributed by atoms with Gasteiger partial charge in [-0.05, 0) is 18.2 Å². The van der Waals surface area contributed by atoms with Crippen LogP contribution in [0.2, 0.25) is 5.02 Å². The van der Waals surface area contributed by atoms with Gasteiger partial charge in [-0.3, -0.25) is 0 Å². The number of fused-ring (bicyclic) bond motifs is 1. The van der Waals surface area contributed by atoms with Crippen molar-refractivity contribution in [1.82, 2.24) is 19.7 Å². The Morgan fingerprint density at radius 2 is 2.00 bits per heavy atom. The van der Waals surface area contributed by atoms with Crippen molar-refractivity contribution in [2.24, 2.45) is 0 Å². The standard InChI is InChI=1S/C22H17ClN4O4/c1-29-22(28)14-8-6-13(7-9-14)20-25-21(31-26-20)19-17-11-30-18(10-27(17)12-24-19)15-4-2-3-5-16(15)23/h2-9,12,18H,10-11H2,1H3/t18-/m1/s1. The normalized spacial score (nSPS) is 15.5. The van der Waals surface area contributed by atoms with Crippen molar-refractivity contribution in [2.75, 3.05) is 7.11 Å². The molecule has 2 aromatic heterocycles. The Morgan fingerprint density at radius 3 is 2.77 bits per heavy atom. The van der Waals surface area contributed by atoms with Gasteiger partial charge >= 0.3 is 5.97 Å². The van der Waals surface area contributed by atoms with Gasteiger partial charge in [-0.2, -0.15) is 4.98 Å². The summed E-state index contributed by atoms with van der Waals surface area (Å²) in [4.78, 5) is 20.5. The smallest absolute Gasteiger partial charge is 0.337 e. The van der Waals surface area contributed by atoms with E-state index >= 15 is 0 Å². The van der Waals surface area contributed by atoms with E-state index in [1.807, 2.05) is 28.8 Å². The van der Waals surface area contributed by atoms with Gasteiger partial charge in [0.1, 0.15) is 6.10 Å². The molecule has 0 radical (unpaired) electrons. The number of methoxy groups -OCH3 is 1. The van der Waals surface area contributed by atoms with Crippen molar-refractivity contribution < 1.29 is 18.8 Å². The second-order valence-electron chi connectivity index (χ2n) is 7.01. The summed E-state index contributed by atoms with van der Waals surface area (Å²) >= 11 is 6.32. The largest absolute Gasteiger partial charge is 0.465 e. The molecule has 5 rings (SSSR count). The molecule has 8 nitrogen and oxygen atoms in total. The number of carbonyl (C=O) groups is 1. The fourth-order valence-electron chi connectivity index (χ4n) is 3.54. The van der Waals surface area contributed by atoms with Crippen molar-refractivity contribution in [3.05, 3.63) is 76.7 Å². The molecule has 0 saturated carbocycles. The van der Waals surface area contributed by atoms with E-state index in [0.717, 1.165) is 11.3 Å². The molecular formula is C22H17ClN4O4. The number of esters is 1.